The lowest BCUT2D eigenvalue weighted by atomic mass is 10.2. The summed E-state index contributed by atoms with van der Waals surface area (Å²) in [6.07, 6.45) is 0.555. The number of nitro groups is 1. The van der Waals surface area contributed by atoms with Gasteiger partial charge in [-0.2, -0.15) is 0 Å². The maximum atomic E-state index is 11.7. The van der Waals surface area contributed by atoms with Crippen molar-refractivity contribution in [3.05, 3.63) is 33.9 Å². The van der Waals surface area contributed by atoms with Crippen molar-refractivity contribution in [2.24, 2.45) is 0 Å². The van der Waals surface area contributed by atoms with Crippen LogP contribution >= 0.6 is 11.8 Å². The van der Waals surface area contributed by atoms with Gasteiger partial charge in [0.1, 0.15) is 0 Å². The highest BCUT2D eigenvalue weighted by molar-refractivity contribution is 8.00. The van der Waals surface area contributed by atoms with Gasteiger partial charge in [0, 0.05) is 30.0 Å². The van der Waals surface area contributed by atoms with E-state index in [2.05, 4.69) is 5.32 Å². The molecule has 110 valence electrons. The SMILES string of the molecule is CCNC(=O)c1ccc(SC(C)CCO)c([N+](=O)[O-])c1. The Kier molecular flexibility index (Phi) is 6.47. The maximum Gasteiger partial charge on any atom is 0.283 e. The minimum absolute atomic E-state index is 0.0406. The summed E-state index contributed by atoms with van der Waals surface area (Å²) in [6, 6.07) is 4.45. The van der Waals surface area contributed by atoms with Crippen LogP contribution < -0.4 is 5.32 Å². The monoisotopic (exact) mass is 298 g/mol. The molecule has 20 heavy (non-hydrogen) atoms. The molecule has 0 bridgehead atoms. The summed E-state index contributed by atoms with van der Waals surface area (Å²) in [6.45, 7) is 4.19. The molecule has 1 atom stereocenters. The first-order chi connectivity index (χ1) is 9.49. The van der Waals surface area contributed by atoms with Crippen molar-refractivity contribution in [3.63, 3.8) is 0 Å². The average Bonchev–Trinajstić information content (AvgIpc) is 2.39. The Labute approximate surface area is 121 Å². The van der Waals surface area contributed by atoms with Crippen molar-refractivity contribution in [2.45, 2.75) is 30.4 Å². The standard InChI is InChI=1S/C13H18N2O4S/c1-3-14-13(17)10-4-5-12(11(8-10)15(18)19)20-9(2)6-7-16/h4-5,8-9,16H,3,6-7H2,1-2H3,(H,14,17). The normalized spacial score (nSPS) is 11.9. The van der Waals surface area contributed by atoms with Gasteiger partial charge in [-0.05, 0) is 25.5 Å². The molecular weight excluding hydrogens is 280 g/mol. The van der Waals surface area contributed by atoms with Gasteiger partial charge in [0.25, 0.3) is 11.6 Å². The number of aliphatic hydroxyl groups is 1. The van der Waals surface area contributed by atoms with Crippen molar-refractivity contribution >= 4 is 23.4 Å². The van der Waals surface area contributed by atoms with Crippen LogP contribution in [0.25, 0.3) is 0 Å². The molecule has 0 saturated heterocycles. The summed E-state index contributed by atoms with van der Waals surface area (Å²) in [4.78, 5) is 22.8. The second kappa shape index (κ2) is 7.86. The summed E-state index contributed by atoms with van der Waals surface area (Å²) in [5.41, 5.74) is 0.196. The Balaban J connectivity index is 3.02. The van der Waals surface area contributed by atoms with E-state index in [0.29, 0.717) is 17.9 Å². The molecule has 0 spiro atoms. The second-order valence-electron chi connectivity index (χ2n) is 4.24. The van der Waals surface area contributed by atoms with Gasteiger partial charge >= 0.3 is 0 Å². The van der Waals surface area contributed by atoms with Gasteiger partial charge in [0.2, 0.25) is 0 Å². The lowest BCUT2D eigenvalue weighted by Gasteiger charge is -2.10. The summed E-state index contributed by atoms with van der Waals surface area (Å²) in [7, 11) is 0. The molecule has 1 aromatic carbocycles. The van der Waals surface area contributed by atoms with Crippen LogP contribution in [0.5, 0.6) is 0 Å². The minimum Gasteiger partial charge on any atom is -0.396 e. The smallest absolute Gasteiger partial charge is 0.283 e. The largest absolute Gasteiger partial charge is 0.396 e. The van der Waals surface area contributed by atoms with Gasteiger partial charge in [-0.25, -0.2) is 0 Å². The fraction of sp³-hybridized carbons (Fsp3) is 0.462. The van der Waals surface area contributed by atoms with Gasteiger partial charge in [0.05, 0.1) is 9.82 Å². The van der Waals surface area contributed by atoms with Gasteiger partial charge in [-0.3, -0.25) is 14.9 Å². The lowest BCUT2D eigenvalue weighted by molar-refractivity contribution is -0.387. The highest BCUT2D eigenvalue weighted by Crippen LogP contribution is 2.33. The number of amides is 1. The first-order valence-corrected chi connectivity index (χ1v) is 7.21. The first-order valence-electron chi connectivity index (χ1n) is 6.33. The quantitative estimate of drug-likeness (QED) is 0.457. The molecule has 0 aliphatic heterocycles. The molecule has 0 radical (unpaired) electrons. The zero-order valence-electron chi connectivity index (χ0n) is 11.5. The molecule has 1 amide bonds. The Hall–Kier alpha value is -1.60. The van der Waals surface area contributed by atoms with Gasteiger partial charge in [-0.1, -0.05) is 6.92 Å². The van der Waals surface area contributed by atoms with Crippen LogP contribution in [0, 0.1) is 10.1 Å². The number of benzene rings is 1. The Morgan fingerprint density at radius 2 is 2.25 bits per heavy atom. The van der Waals surface area contributed by atoms with E-state index in [9.17, 15) is 14.9 Å². The molecule has 0 saturated carbocycles. The van der Waals surface area contributed by atoms with Crippen LogP contribution in [-0.4, -0.2) is 34.3 Å². The van der Waals surface area contributed by atoms with Crippen molar-refractivity contribution in [2.75, 3.05) is 13.2 Å². The van der Waals surface area contributed by atoms with Crippen molar-refractivity contribution < 1.29 is 14.8 Å². The molecule has 7 heteroatoms. The lowest BCUT2D eigenvalue weighted by Crippen LogP contribution is -2.22. The number of nitrogens with one attached hydrogen (secondary N) is 1. The van der Waals surface area contributed by atoms with Crippen LogP contribution in [0.1, 0.15) is 30.6 Å². The number of aliphatic hydroxyl groups excluding tert-OH is 1. The number of hydrogen-bond acceptors (Lipinski definition) is 5. The fourth-order valence-electron chi connectivity index (χ4n) is 1.62. The number of carbonyl (C=O) groups is 1. The van der Waals surface area contributed by atoms with E-state index in [1.807, 2.05) is 6.92 Å². The Morgan fingerprint density at radius 3 is 2.80 bits per heavy atom. The molecule has 0 fully saturated rings. The molecule has 6 nitrogen and oxygen atoms in total. The van der Waals surface area contributed by atoms with E-state index >= 15 is 0 Å². The van der Waals surface area contributed by atoms with Crippen LogP contribution in [0.4, 0.5) is 5.69 Å². The van der Waals surface area contributed by atoms with Gasteiger partial charge in [0.15, 0.2) is 0 Å². The molecule has 0 aromatic heterocycles. The molecule has 0 heterocycles. The topological polar surface area (TPSA) is 92.5 Å². The second-order valence-corrected chi connectivity index (χ2v) is 5.72. The average molecular weight is 298 g/mol. The van der Waals surface area contributed by atoms with Crippen LogP contribution in [-0.2, 0) is 0 Å². The number of carbonyl (C=O) groups excluding carboxylic acids is 1. The van der Waals surface area contributed by atoms with E-state index in [0.717, 1.165) is 0 Å². The summed E-state index contributed by atoms with van der Waals surface area (Å²) >= 11 is 1.32. The van der Waals surface area contributed by atoms with Crippen molar-refractivity contribution in [1.82, 2.24) is 5.32 Å². The first kappa shape index (κ1) is 16.5. The maximum absolute atomic E-state index is 11.7. The zero-order valence-corrected chi connectivity index (χ0v) is 12.3. The van der Waals surface area contributed by atoms with E-state index in [-0.39, 0.29) is 29.0 Å². The van der Waals surface area contributed by atoms with E-state index in [4.69, 9.17) is 5.11 Å². The van der Waals surface area contributed by atoms with E-state index in [1.54, 1.807) is 19.1 Å². The van der Waals surface area contributed by atoms with Gasteiger partial charge in [-0.15, -0.1) is 11.8 Å². The Bertz CT molecular complexity index is 493. The van der Waals surface area contributed by atoms with Crippen LogP contribution in [0.2, 0.25) is 0 Å². The third-order valence-corrected chi connectivity index (χ3v) is 3.86. The highest BCUT2D eigenvalue weighted by atomic mass is 32.2. The molecule has 1 unspecified atom stereocenters. The molecule has 1 rings (SSSR count). The highest BCUT2D eigenvalue weighted by Gasteiger charge is 2.19. The number of hydrogen-bond donors (Lipinski definition) is 2. The molecular formula is C13H18N2O4S. The van der Waals surface area contributed by atoms with E-state index in [1.165, 1.54) is 17.8 Å². The van der Waals surface area contributed by atoms with Crippen molar-refractivity contribution in [1.29, 1.82) is 0 Å². The predicted molar refractivity (Wildman–Crippen MR) is 78.1 cm³/mol. The summed E-state index contributed by atoms with van der Waals surface area (Å²) in [5.74, 6) is -0.324. The zero-order chi connectivity index (χ0) is 15.1. The minimum atomic E-state index is -0.489. The predicted octanol–water partition coefficient (Wildman–Crippen LogP) is 2.21. The third kappa shape index (κ3) is 4.50. The fourth-order valence-corrected chi connectivity index (χ4v) is 2.68. The number of nitro benzene ring substituents is 1. The number of thioether (sulfide) groups is 1. The molecule has 0 aliphatic rings. The molecule has 0 aliphatic carbocycles. The third-order valence-electron chi connectivity index (χ3n) is 2.62. The van der Waals surface area contributed by atoms with E-state index < -0.39 is 4.92 Å². The van der Waals surface area contributed by atoms with Gasteiger partial charge < -0.3 is 10.4 Å². The van der Waals surface area contributed by atoms with Crippen LogP contribution in [0.3, 0.4) is 0 Å². The summed E-state index contributed by atoms with van der Waals surface area (Å²) in [5, 5.41) is 22.6. The Morgan fingerprint density at radius 1 is 1.55 bits per heavy atom. The van der Waals surface area contributed by atoms with Crippen LogP contribution in [0.15, 0.2) is 23.1 Å². The molecule has 1 aromatic rings. The number of rotatable bonds is 7. The van der Waals surface area contributed by atoms with Crippen molar-refractivity contribution in [3.8, 4) is 0 Å². The molecule has 2 N–H and O–H groups in total. The number of nitrogens with zero attached hydrogens (tertiary/aromatic N) is 1. The summed E-state index contributed by atoms with van der Waals surface area (Å²) < 4.78 is 0.